The zero-order chi connectivity index (χ0) is 16.9. The van der Waals surface area contributed by atoms with Crippen molar-refractivity contribution in [1.82, 2.24) is 20.4 Å². The molecule has 1 aromatic carbocycles. The molecule has 1 fully saturated rings. The summed E-state index contributed by atoms with van der Waals surface area (Å²) >= 11 is 0. The number of anilines is 1. The lowest BCUT2D eigenvalue weighted by atomic mass is 10.1. The van der Waals surface area contributed by atoms with Gasteiger partial charge in [0.25, 0.3) is 0 Å². The second-order valence-electron chi connectivity index (χ2n) is 6.36. The molecule has 1 atom stereocenters. The van der Waals surface area contributed by atoms with E-state index < -0.39 is 0 Å². The Kier molecular flexibility index (Phi) is 5.03. The Bertz CT molecular complexity index is 690. The van der Waals surface area contributed by atoms with Crippen LogP contribution in [0.4, 0.5) is 10.5 Å². The minimum Gasteiger partial charge on any atom is -0.372 e. The number of benzene rings is 1. The number of aryl methyl sites for hydroxylation is 1. The molecule has 128 valence electrons. The Morgan fingerprint density at radius 1 is 1.33 bits per heavy atom. The maximum Gasteiger partial charge on any atom is 0.315 e. The van der Waals surface area contributed by atoms with Crippen LogP contribution in [0.3, 0.4) is 0 Å². The Labute approximate surface area is 142 Å². The van der Waals surface area contributed by atoms with Gasteiger partial charge in [-0.25, -0.2) is 4.79 Å². The first kappa shape index (κ1) is 16.4. The summed E-state index contributed by atoms with van der Waals surface area (Å²) in [4.78, 5) is 14.5. The number of urea groups is 1. The lowest BCUT2D eigenvalue weighted by Gasteiger charge is -2.21. The second-order valence-corrected chi connectivity index (χ2v) is 6.36. The SMILES string of the molecule is C[C@@H](NC(=O)NCc1cnn(C)c1)c1cccc(N2CCCC2)c1. The molecule has 1 saturated heterocycles. The molecule has 0 radical (unpaired) electrons. The number of nitrogens with zero attached hydrogens (tertiary/aromatic N) is 3. The zero-order valence-electron chi connectivity index (χ0n) is 14.3. The quantitative estimate of drug-likeness (QED) is 0.887. The van der Waals surface area contributed by atoms with E-state index in [0.29, 0.717) is 6.54 Å². The number of aromatic nitrogens is 2. The first-order valence-corrected chi connectivity index (χ1v) is 8.48. The molecule has 2 heterocycles. The Morgan fingerprint density at radius 2 is 2.12 bits per heavy atom. The van der Waals surface area contributed by atoms with Gasteiger partial charge in [0.05, 0.1) is 12.2 Å². The first-order chi connectivity index (χ1) is 11.6. The Balaban J connectivity index is 1.54. The average Bonchev–Trinajstić information content (AvgIpc) is 3.24. The Morgan fingerprint density at radius 3 is 2.83 bits per heavy atom. The summed E-state index contributed by atoms with van der Waals surface area (Å²) in [6, 6.07) is 8.24. The van der Waals surface area contributed by atoms with E-state index in [1.54, 1.807) is 10.9 Å². The van der Waals surface area contributed by atoms with Gasteiger partial charge in [0.2, 0.25) is 0 Å². The number of hydrogen-bond donors (Lipinski definition) is 2. The lowest BCUT2D eigenvalue weighted by molar-refractivity contribution is 0.237. The van der Waals surface area contributed by atoms with Crippen LogP contribution < -0.4 is 15.5 Å². The molecule has 2 N–H and O–H groups in total. The fourth-order valence-electron chi connectivity index (χ4n) is 3.04. The van der Waals surface area contributed by atoms with Gasteiger partial charge in [0.1, 0.15) is 0 Å². The largest absolute Gasteiger partial charge is 0.372 e. The number of nitrogens with one attached hydrogen (secondary N) is 2. The van der Waals surface area contributed by atoms with Gasteiger partial charge in [-0.05, 0) is 37.5 Å². The van der Waals surface area contributed by atoms with Gasteiger partial charge in [-0.3, -0.25) is 4.68 Å². The van der Waals surface area contributed by atoms with Crippen molar-refractivity contribution >= 4 is 11.7 Å². The number of amides is 2. The molecule has 24 heavy (non-hydrogen) atoms. The van der Waals surface area contributed by atoms with Crippen molar-refractivity contribution in [2.45, 2.75) is 32.4 Å². The van der Waals surface area contributed by atoms with Gasteiger partial charge < -0.3 is 15.5 Å². The summed E-state index contributed by atoms with van der Waals surface area (Å²) in [5, 5.41) is 9.95. The third kappa shape index (κ3) is 4.07. The molecule has 1 aliphatic heterocycles. The van der Waals surface area contributed by atoms with Crippen LogP contribution in [0.1, 0.15) is 36.9 Å². The molecule has 3 rings (SSSR count). The van der Waals surface area contributed by atoms with E-state index in [4.69, 9.17) is 0 Å². The van der Waals surface area contributed by atoms with Gasteiger partial charge in [-0.1, -0.05) is 12.1 Å². The summed E-state index contributed by atoms with van der Waals surface area (Å²) < 4.78 is 1.72. The Hall–Kier alpha value is -2.50. The smallest absolute Gasteiger partial charge is 0.315 e. The molecule has 0 aliphatic carbocycles. The summed E-state index contributed by atoms with van der Waals surface area (Å²) in [6.07, 6.45) is 6.16. The molecule has 2 aromatic rings. The summed E-state index contributed by atoms with van der Waals surface area (Å²) in [7, 11) is 1.86. The van der Waals surface area contributed by atoms with E-state index >= 15 is 0 Å². The van der Waals surface area contributed by atoms with Crippen molar-refractivity contribution < 1.29 is 4.79 Å². The van der Waals surface area contributed by atoms with Crippen molar-refractivity contribution in [2.24, 2.45) is 7.05 Å². The molecule has 0 unspecified atom stereocenters. The lowest BCUT2D eigenvalue weighted by Crippen LogP contribution is -2.36. The summed E-state index contributed by atoms with van der Waals surface area (Å²) in [5.74, 6) is 0. The number of carbonyl (C=O) groups is 1. The third-order valence-corrected chi connectivity index (χ3v) is 4.40. The molecule has 2 amide bonds. The van der Waals surface area contributed by atoms with Crippen LogP contribution in [-0.2, 0) is 13.6 Å². The van der Waals surface area contributed by atoms with Crippen molar-refractivity contribution in [2.75, 3.05) is 18.0 Å². The monoisotopic (exact) mass is 327 g/mol. The van der Waals surface area contributed by atoms with E-state index in [1.165, 1.54) is 18.5 Å². The molecular formula is C18H25N5O. The highest BCUT2D eigenvalue weighted by Crippen LogP contribution is 2.23. The highest BCUT2D eigenvalue weighted by atomic mass is 16.2. The molecule has 1 aromatic heterocycles. The summed E-state index contributed by atoms with van der Waals surface area (Å²) in [6.45, 7) is 4.72. The van der Waals surface area contributed by atoms with Crippen molar-refractivity contribution in [3.8, 4) is 0 Å². The van der Waals surface area contributed by atoms with Gasteiger partial charge in [-0.2, -0.15) is 5.10 Å². The molecule has 0 bridgehead atoms. The maximum atomic E-state index is 12.1. The van der Waals surface area contributed by atoms with E-state index in [2.05, 4.69) is 44.9 Å². The number of rotatable bonds is 5. The van der Waals surface area contributed by atoms with Gasteiger partial charge in [-0.15, -0.1) is 0 Å². The fraction of sp³-hybridized carbons (Fsp3) is 0.444. The number of carbonyl (C=O) groups excluding carboxylic acids is 1. The topological polar surface area (TPSA) is 62.2 Å². The van der Waals surface area contributed by atoms with Crippen LogP contribution in [0.15, 0.2) is 36.7 Å². The molecule has 0 saturated carbocycles. The van der Waals surface area contributed by atoms with Crippen LogP contribution in [0.2, 0.25) is 0 Å². The zero-order valence-corrected chi connectivity index (χ0v) is 14.3. The maximum absolute atomic E-state index is 12.1. The van der Waals surface area contributed by atoms with Crippen LogP contribution >= 0.6 is 0 Å². The highest BCUT2D eigenvalue weighted by Gasteiger charge is 2.15. The van der Waals surface area contributed by atoms with Crippen LogP contribution in [0, 0.1) is 0 Å². The minimum absolute atomic E-state index is 0.0403. The van der Waals surface area contributed by atoms with Crippen LogP contribution in [-0.4, -0.2) is 28.9 Å². The molecular weight excluding hydrogens is 302 g/mol. The van der Waals surface area contributed by atoms with Crippen molar-refractivity contribution in [3.05, 3.63) is 47.8 Å². The highest BCUT2D eigenvalue weighted by molar-refractivity contribution is 5.74. The third-order valence-electron chi connectivity index (χ3n) is 4.40. The first-order valence-electron chi connectivity index (χ1n) is 8.48. The second kappa shape index (κ2) is 7.38. The van der Waals surface area contributed by atoms with Crippen molar-refractivity contribution in [1.29, 1.82) is 0 Å². The number of hydrogen-bond acceptors (Lipinski definition) is 3. The van der Waals surface area contributed by atoms with Crippen molar-refractivity contribution in [3.63, 3.8) is 0 Å². The predicted molar refractivity (Wildman–Crippen MR) is 94.9 cm³/mol. The average molecular weight is 327 g/mol. The molecule has 0 spiro atoms. The van der Waals surface area contributed by atoms with Gasteiger partial charge in [0.15, 0.2) is 0 Å². The fourth-order valence-corrected chi connectivity index (χ4v) is 3.04. The van der Waals surface area contributed by atoms with E-state index in [1.807, 2.05) is 20.2 Å². The van der Waals surface area contributed by atoms with Gasteiger partial charge in [0, 0.05) is 44.1 Å². The summed E-state index contributed by atoms with van der Waals surface area (Å²) in [5.41, 5.74) is 3.35. The standard InChI is InChI=1S/C18H25N5O/c1-14(21-18(24)19-11-15-12-20-22(2)13-15)16-6-5-7-17(10-16)23-8-3-4-9-23/h5-7,10,12-14H,3-4,8-9,11H2,1-2H3,(H2,19,21,24)/t14-/m1/s1. The van der Waals surface area contributed by atoms with E-state index in [0.717, 1.165) is 24.2 Å². The molecule has 1 aliphatic rings. The van der Waals surface area contributed by atoms with E-state index in [-0.39, 0.29) is 12.1 Å². The normalized spacial score (nSPS) is 15.3. The van der Waals surface area contributed by atoms with E-state index in [9.17, 15) is 4.79 Å². The predicted octanol–water partition coefficient (Wildman–Crippen LogP) is 2.58. The molecule has 6 nitrogen and oxygen atoms in total. The minimum atomic E-state index is -0.169. The van der Waals surface area contributed by atoms with Gasteiger partial charge >= 0.3 is 6.03 Å². The van der Waals surface area contributed by atoms with Crippen LogP contribution in [0.25, 0.3) is 0 Å². The molecule has 6 heteroatoms. The van der Waals surface area contributed by atoms with Crippen LogP contribution in [0.5, 0.6) is 0 Å².